The second kappa shape index (κ2) is 10.2. The van der Waals surface area contributed by atoms with Gasteiger partial charge in [0, 0.05) is 18.8 Å². The van der Waals surface area contributed by atoms with Gasteiger partial charge in [0.25, 0.3) is 0 Å². The molecule has 3 rings (SSSR count). The topological polar surface area (TPSA) is 141 Å². The number of hydrogen-bond acceptors (Lipinski definition) is 8. The van der Waals surface area contributed by atoms with Crippen molar-refractivity contribution in [2.75, 3.05) is 25.0 Å². The van der Waals surface area contributed by atoms with Crippen molar-refractivity contribution in [3.8, 4) is 5.88 Å². The predicted molar refractivity (Wildman–Crippen MR) is 122 cm³/mol. The van der Waals surface area contributed by atoms with Gasteiger partial charge in [-0.15, -0.1) is 0 Å². The van der Waals surface area contributed by atoms with E-state index < -0.39 is 46.6 Å². The second-order valence-corrected chi connectivity index (χ2v) is 9.89. The number of pyridine rings is 1. The van der Waals surface area contributed by atoms with E-state index in [0.717, 1.165) is 9.87 Å². The van der Waals surface area contributed by atoms with Crippen LogP contribution in [-0.4, -0.2) is 55.8 Å². The molecule has 2 aromatic rings. The summed E-state index contributed by atoms with van der Waals surface area (Å²) in [5, 5.41) is 2.57. The van der Waals surface area contributed by atoms with E-state index in [2.05, 4.69) is 19.2 Å². The molecule has 1 amide bonds. The highest BCUT2D eigenvalue weighted by atomic mass is 32.2. The first kappa shape index (κ1) is 26.4. The summed E-state index contributed by atoms with van der Waals surface area (Å²) >= 11 is 0. The zero-order valence-corrected chi connectivity index (χ0v) is 20.1. The number of anilines is 1. The van der Waals surface area contributed by atoms with Crippen LogP contribution in [0.2, 0.25) is 0 Å². The molecule has 1 fully saturated rings. The number of rotatable bonds is 9. The average molecular weight is 513 g/mol. The fourth-order valence-electron chi connectivity index (χ4n) is 3.83. The number of nitrogens with zero attached hydrogens (tertiary/aromatic N) is 2. The molecule has 0 bridgehead atoms. The van der Waals surface area contributed by atoms with Crippen LogP contribution in [0.3, 0.4) is 0 Å². The van der Waals surface area contributed by atoms with Gasteiger partial charge in [-0.2, -0.15) is 21.5 Å². The van der Waals surface area contributed by atoms with Crippen molar-refractivity contribution in [1.82, 2.24) is 9.29 Å². The number of ether oxygens (including phenoxy) is 1. The summed E-state index contributed by atoms with van der Waals surface area (Å²) in [6.45, 7) is 0.888. The predicted octanol–water partition coefficient (Wildman–Crippen LogP) is 2.05. The zero-order valence-electron chi connectivity index (χ0n) is 19.3. The number of benzene rings is 1. The molecule has 0 saturated carbocycles. The Kier molecular flexibility index (Phi) is 7.72. The van der Waals surface area contributed by atoms with Gasteiger partial charge in [0.15, 0.2) is 0 Å². The standard InChI is InChI=1S/C22H26F2N4O6S/c1-13(2)15-6-4-5-7-16(15)22(11-28(12-22)35(31,32)34-18(29)10-25)20(30)27-17-9-8-14(3)26-19(17)33-21(23)24/h4-9,13,21H,10-12,25H2,1-3H3,(H,27,30). The summed E-state index contributed by atoms with van der Waals surface area (Å²) in [4.78, 5) is 29.0. The Morgan fingerprint density at radius 2 is 1.86 bits per heavy atom. The maximum atomic E-state index is 13.6. The lowest BCUT2D eigenvalue weighted by Gasteiger charge is -2.48. The van der Waals surface area contributed by atoms with E-state index in [9.17, 15) is 26.8 Å². The summed E-state index contributed by atoms with van der Waals surface area (Å²) < 4.78 is 60.6. The summed E-state index contributed by atoms with van der Waals surface area (Å²) in [6.07, 6.45) is 0. The van der Waals surface area contributed by atoms with Gasteiger partial charge in [0.1, 0.15) is 11.1 Å². The number of aromatic nitrogens is 1. The van der Waals surface area contributed by atoms with Crippen LogP contribution < -0.4 is 15.8 Å². The summed E-state index contributed by atoms with van der Waals surface area (Å²) in [5.41, 5.74) is 5.37. The van der Waals surface area contributed by atoms with E-state index >= 15 is 0 Å². The normalized spacial score (nSPS) is 15.5. The van der Waals surface area contributed by atoms with Gasteiger partial charge in [0.2, 0.25) is 11.8 Å². The molecular formula is C22H26F2N4O6S. The van der Waals surface area contributed by atoms with Crippen LogP contribution in [0.1, 0.15) is 36.6 Å². The molecule has 10 nitrogen and oxygen atoms in total. The third-order valence-electron chi connectivity index (χ3n) is 5.56. The van der Waals surface area contributed by atoms with Crippen LogP contribution in [0.5, 0.6) is 5.88 Å². The SMILES string of the molecule is Cc1ccc(NC(=O)C2(c3ccccc3C(C)C)CN(S(=O)(=O)OC(=O)CN)C2)c(OC(F)F)n1. The number of hydrogen-bond donors (Lipinski definition) is 2. The molecule has 0 aliphatic carbocycles. The molecule has 0 radical (unpaired) electrons. The van der Waals surface area contributed by atoms with Gasteiger partial charge < -0.3 is 20.0 Å². The molecule has 13 heteroatoms. The molecule has 3 N–H and O–H groups in total. The van der Waals surface area contributed by atoms with Crippen molar-refractivity contribution in [2.45, 2.75) is 38.7 Å². The number of amides is 1. The van der Waals surface area contributed by atoms with Gasteiger partial charge in [-0.25, -0.2) is 9.78 Å². The molecule has 2 heterocycles. The van der Waals surface area contributed by atoms with Gasteiger partial charge in [-0.3, -0.25) is 4.79 Å². The third-order valence-corrected chi connectivity index (χ3v) is 6.84. The first-order chi connectivity index (χ1) is 16.4. The monoisotopic (exact) mass is 512 g/mol. The number of carbonyl (C=O) groups is 2. The van der Waals surface area contributed by atoms with Crippen LogP contribution in [-0.2, 0) is 29.5 Å². The third kappa shape index (κ3) is 5.57. The Hall–Kier alpha value is -3.16. The molecule has 1 aliphatic heterocycles. The Labute approximate surface area is 201 Å². The van der Waals surface area contributed by atoms with Crippen LogP contribution in [0.25, 0.3) is 0 Å². The highest BCUT2D eigenvalue weighted by molar-refractivity contribution is 7.84. The largest absolute Gasteiger partial charge is 0.415 e. The molecule has 1 aromatic heterocycles. The molecule has 0 atom stereocenters. The number of nitrogens with one attached hydrogen (secondary N) is 1. The lowest BCUT2D eigenvalue weighted by Crippen LogP contribution is -2.66. The van der Waals surface area contributed by atoms with Gasteiger partial charge in [-0.05, 0) is 36.1 Å². The lowest BCUT2D eigenvalue weighted by molar-refractivity contribution is -0.133. The minimum absolute atomic E-state index is 0.0182. The number of nitrogens with two attached hydrogens (primary N) is 1. The lowest BCUT2D eigenvalue weighted by atomic mass is 9.71. The van der Waals surface area contributed by atoms with E-state index in [1.54, 1.807) is 25.1 Å². The van der Waals surface area contributed by atoms with E-state index in [1.807, 2.05) is 19.9 Å². The number of alkyl halides is 2. The van der Waals surface area contributed by atoms with Crippen molar-refractivity contribution < 1.29 is 35.7 Å². The first-order valence-electron chi connectivity index (χ1n) is 10.7. The van der Waals surface area contributed by atoms with Crippen LogP contribution in [0.4, 0.5) is 14.5 Å². The maximum Gasteiger partial charge on any atom is 0.388 e. The Bertz CT molecular complexity index is 1220. The molecule has 1 aliphatic rings. The first-order valence-corrected chi connectivity index (χ1v) is 12.0. The fourth-order valence-corrected chi connectivity index (χ4v) is 5.00. The molecule has 35 heavy (non-hydrogen) atoms. The van der Waals surface area contributed by atoms with Crippen molar-refractivity contribution in [1.29, 1.82) is 0 Å². The Balaban J connectivity index is 2.01. The van der Waals surface area contributed by atoms with E-state index in [0.29, 0.717) is 11.3 Å². The zero-order chi connectivity index (χ0) is 26.0. The van der Waals surface area contributed by atoms with Crippen molar-refractivity contribution in [2.24, 2.45) is 5.73 Å². The number of halogens is 2. The average Bonchev–Trinajstić information content (AvgIpc) is 2.74. The number of aryl methyl sites for hydroxylation is 1. The van der Waals surface area contributed by atoms with Crippen molar-refractivity contribution in [3.63, 3.8) is 0 Å². The maximum absolute atomic E-state index is 13.6. The molecule has 0 spiro atoms. The Morgan fingerprint density at radius 3 is 2.46 bits per heavy atom. The van der Waals surface area contributed by atoms with E-state index in [-0.39, 0.29) is 24.7 Å². The molecule has 1 aromatic carbocycles. The second-order valence-electron chi connectivity index (χ2n) is 8.35. The fraction of sp³-hybridized carbons (Fsp3) is 0.409. The van der Waals surface area contributed by atoms with Gasteiger partial charge >= 0.3 is 22.9 Å². The van der Waals surface area contributed by atoms with Crippen molar-refractivity contribution >= 4 is 27.9 Å². The van der Waals surface area contributed by atoms with Crippen molar-refractivity contribution in [3.05, 3.63) is 53.2 Å². The minimum Gasteiger partial charge on any atom is -0.415 e. The smallest absolute Gasteiger partial charge is 0.388 e. The minimum atomic E-state index is -4.50. The molecular weight excluding hydrogens is 486 g/mol. The summed E-state index contributed by atoms with van der Waals surface area (Å²) in [7, 11) is -4.50. The van der Waals surface area contributed by atoms with E-state index in [4.69, 9.17) is 5.73 Å². The van der Waals surface area contributed by atoms with Crippen LogP contribution >= 0.6 is 0 Å². The van der Waals surface area contributed by atoms with Crippen LogP contribution in [0.15, 0.2) is 36.4 Å². The van der Waals surface area contributed by atoms with Gasteiger partial charge in [-0.1, -0.05) is 38.1 Å². The summed E-state index contributed by atoms with van der Waals surface area (Å²) in [6, 6.07) is 9.90. The highest BCUT2D eigenvalue weighted by Gasteiger charge is 2.56. The molecule has 0 unspecified atom stereocenters. The van der Waals surface area contributed by atoms with E-state index in [1.165, 1.54) is 12.1 Å². The molecule has 190 valence electrons. The van der Waals surface area contributed by atoms with Gasteiger partial charge in [0.05, 0.1) is 6.54 Å². The number of carbonyl (C=O) groups excluding carboxylic acids is 2. The quantitative estimate of drug-likeness (QED) is 0.520. The molecule has 1 saturated heterocycles. The van der Waals surface area contributed by atoms with Crippen LogP contribution in [0, 0.1) is 6.92 Å². The highest BCUT2D eigenvalue weighted by Crippen LogP contribution is 2.42. The Morgan fingerprint density at radius 1 is 1.20 bits per heavy atom. The summed E-state index contributed by atoms with van der Waals surface area (Å²) in [5.74, 6) is -2.29.